The van der Waals surface area contributed by atoms with Crippen molar-refractivity contribution in [1.82, 2.24) is 20.1 Å². The summed E-state index contributed by atoms with van der Waals surface area (Å²) in [4.78, 5) is 17.6. The van der Waals surface area contributed by atoms with E-state index in [0.29, 0.717) is 5.56 Å². The van der Waals surface area contributed by atoms with Gasteiger partial charge in [-0.05, 0) is 43.9 Å². The molecule has 1 atom stereocenters. The molecule has 0 saturated heterocycles. The molecule has 0 bridgehead atoms. The molecule has 0 saturated carbocycles. The minimum Gasteiger partial charge on any atom is -0.342 e. The van der Waals surface area contributed by atoms with Crippen molar-refractivity contribution in [2.45, 2.75) is 37.8 Å². The zero-order valence-electron chi connectivity index (χ0n) is 12.5. The van der Waals surface area contributed by atoms with Gasteiger partial charge in [0.25, 0.3) is 5.91 Å². The summed E-state index contributed by atoms with van der Waals surface area (Å²) in [5, 5.41) is 7.15. The van der Waals surface area contributed by atoms with Crippen LogP contribution in [-0.2, 0) is 6.54 Å². The highest BCUT2D eigenvalue weighted by Gasteiger charge is 2.16. The fourth-order valence-electron chi connectivity index (χ4n) is 2.08. The van der Waals surface area contributed by atoms with Crippen LogP contribution in [0.3, 0.4) is 0 Å². The van der Waals surface area contributed by atoms with E-state index in [4.69, 9.17) is 0 Å². The third kappa shape index (κ3) is 3.85. The van der Waals surface area contributed by atoms with E-state index in [9.17, 15) is 4.79 Å². The molecule has 0 unspecified atom stereocenters. The predicted octanol–water partition coefficient (Wildman–Crippen LogP) is 2.90. The first-order chi connectivity index (χ1) is 10.2. The second kappa shape index (κ2) is 7.26. The molecule has 1 N–H and O–H groups in total. The molecular formula is C15H20N4OS. The van der Waals surface area contributed by atoms with Crippen molar-refractivity contribution >= 4 is 17.7 Å². The number of aromatic nitrogens is 3. The lowest BCUT2D eigenvalue weighted by atomic mass is 10.2. The molecule has 1 heterocycles. The van der Waals surface area contributed by atoms with Gasteiger partial charge in [-0.2, -0.15) is 5.10 Å². The highest BCUT2D eigenvalue weighted by Crippen LogP contribution is 2.16. The maximum absolute atomic E-state index is 12.2. The fourth-order valence-corrected chi connectivity index (χ4v) is 2.49. The van der Waals surface area contributed by atoms with Crippen LogP contribution < -0.4 is 5.32 Å². The lowest BCUT2D eigenvalue weighted by Gasteiger charge is -2.14. The second-order valence-electron chi connectivity index (χ2n) is 4.77. The van der Waals surface area contributed by atoms with Gasteiger partial charge in [0.15, 0.2) is 0 Å². The third-order valence-corrected chi connectivity index (χ3v) is 3.91. The lowest BCUT2D eigenvalue weighted by molar-refractivity contribution is 0.0937. The average molecular weight is 304 g/mol. The summed E-state index contributed by atoms with van der Waals surface area (Å²) < 4.78 is 1.84. The SMILES string of the molecule is CCCn1ncnc1[C@H](C)NC(=O)c1ccc(SC)cc1. The van der Waals surface area contributed by atoms with Crippen molar-refractivity contribution < 1.29 is 4.79 Å². The van der Waals surface area contributed by atoms with Crippen LogP contribution >= 0.6 is 11.8 Å². The van der Waals surface area contributed by atoms with Crippen molar-refractivity contribution in [2.75, 3.05) is 6.26 Å². The van der Waals surface area contributed by atoms with Crippen molar-refractivity contribution in [3.05, 3.63) is 42.0 Å². The van der Waals surface area contributed by atoms with Crippen molar-refractivity contribution in [3.63, 3.8) is 0 Å². The van der Waals surface area contributed by atoms with Gasteiger partial charge in [0.05, 0.1) is 6.04 Å². The Hall–Kier alpha value is -1.82. The van der Waals surface area contributed by atoms with Gasteiger partial charge in [-0.1, -0.05) is 6.92 Å². The zero-order chi connectivity index (χ0) is 15.2. The van der Waals surface area contributed by atoms with E-state index in [1.165, 1.54) is 6.33 Å². The number of hydrogen-bond donors (Lipinski definition) is 1. The highest BCUT2D eigenvalue weighted by atomic mass is 32.2. The summed E-state index contributed by atoms with van der Waals surface area (Å²) in [6.45, 7) is 4.81. The summed E-state index contributed by atoms with van der Waals surface area (Å²) >= 11 is 1.66. The number of aryl methyl sites for hydroxylation is 1. The highest BCUT2D eigenvalue weighted by molar-refractivity contribution is 7.98. The smallest absolute Gasteiger partial charge is 0.251 e. The molecule has 1 aromatic heterocycles. The first-order valence-corrected chi connectivity index (χ1v) is 8.20. The summed E-state index contributed by atoms with van der Waals surface area (Å²) in [7, 11) is 0. The van der Waals surface area contributed by atoms with E-state index in [1.54, 1.807) is 11.8 Å². The first-order valence-electron chi connectivity index (χ1n) is 6.98. The van der Waals surface area contributed by atoms with Crippen LogP contribution in [0.15, 0.2) is 35.5 Å². The van der Waals surface area contributed by atoms with E-state index in [-0.39, 0.29) is 11.9 Å². The predicted molar refractivity (Wildman–Crippen MR) is 84.4 cm³/mol. The van der Waals surface area contributed by atoms with Crippen LogP contribution in [0.4, 0.5) is 0 Å². The minimum atomic E-state index is -0.174. The number of thioether (sulfide) groups is 1. The first kappa shape index (κ1) is 15.6. The summed E-state index contributed by atoms with van der Waals surface area (Å²) in [5.41, 5.74) is 0.654. The van der Waals surface area contributed by atoms with Crippen LogP contribution in [0.2, 0.25) is 0 Å². The Labute approximate surface area is 129 Å². The zero-order valence-corrected chi connectivity index (χ0v) is 13.4. The normalized spacial score (nSPS) is 12.1. The molecule has 21 heavy (non-hydrogen) atoms. The number of nitrogens with one attached hydrogen (secondary N) is 1. The molecule has 6 heteroatoms. The van der Waals surface area contributed by atoms with Crippen molar-refractivity contribution in [2.24, 2.45) is 0 Å². The molecule has 5 nitrogen and oxygen atoms in total. The molecule has 0 aliphatic carbocycles. The molecule has 0 spiro atoms. The molecule has 1 aromatic carbocycles. The number of benzene rings is 1. The summed E-state index contributed by atoms with van der Waals surface area (Å²) in [6.07, 6.45) is 4.52. The minimum absolute atomic E-state index is 0.0961. The molecule has 2 aromatic rings. The van der Waals surface area contributed by atoms with E-state index in [0.717, 1.165) is 23.7 Å². The molecule has 0 aliphatic heterocycles. The Kier molecular flexibility index (Phi) is 5.38. The van der Waals surface area contributed by atoms with E-state index in [2.05, 4.69) is 22.3 Å². The van der Waals surface area contributed by atoms with Crippen LogP contribution in [0, 0.1) is 0 Å². The Morgan fingerprint density at radius 2 is 2.10 bits per heavy atom. The summed E-state index contributed by atoms with van der Waals surface area (Å²) in [6, 6.07) is 7.40. The van der Waals surface area contributed by atoms with Crippen LogP contribution in [-0.4, -0.2) is 26.9 Å². The van der Waals surface area contributed by atoms with E-state index < -0.39 is 0 Å². The summed E-state index contributed by atoms with van der Waals surface area (Å²) in [5.74, 6) is 0.687. The van der Waals surface area contributed by atoms with Gasteiger partial charge >= 0.3 is 0 Å². The maximum atomic E-state index is 12.2. The van der Waals surface area contributed by atoms with Gasteiger partial charge in [0.1, 0.15) is 12.2 Å². The van der Waals surface area contributed by atoms with Gasteiger partial charge in [-0.15, -0.1) is 11.8 Å². The molecule has 0 aliphatic rings. The largest absolute Gasteiger partial charge is 0.342 e. The lowest BCUT2D eigenvalue weighted by Crippen LogP contribution is -2.29. The Bertz CT molecular complexity index is 594. The molecule has 2 rings (SSSR count). The quantitative estimate of drug-likeness (QED) is 0.834. The number of nitrogens with zero attached hydrogens (tertiary/aromatic N) is 3. The van der Waals surface area contributed by atoms with Gasteiger partial charge in [-0.3, -0.25) is 4.79 Å². The Morgan fingerprint density at radius 3 is 2.71 bits per heavy atom. The number of carbonyl (C=O) groups is 1. The fraction of sp³-hybridized carbons (Fsp3) is 0.400. The van der Waals surface area contributed by atoms with E-state index in [1.807, 2.05) is 42.1 Å². The maximum Gasteiger partial charge on any atom is 0.251 e. The number of hydrogen-bond acceptors (Lipinski definition) is 4. The Balaban J connectivity index is 2.05. The number of rotatable bonds is 6. The van der Waals surface area contributed by atoms with Gasteiger partial charge in [-0.25, -0.2) is 9.67 Å². The van der Waals surface area contributed by atoms with Crippen molar-refractivity contribution in [1.29, 1.82) is 0 Å². The third-order valence-electron chi connectivity index (χ3n) is 3.17. The number of amides is 1. The standard InChI is InChI=1S/C15H20N4OS/c1-4-9-19-14(16-10-17-19)11(2)18-15(20)12-5-7-13(21-3)8-6-12/h5-8,10-11H,4,9H2,1-3H3,(H,18,20)/t11-/m0/s1. The molecule has 0 fully saturated rings. The van der Waals surface area contributed by atoms with Crippen LogP contribution in [0.1, 0.15) is 42.5 Å². The van der Waals surface area contributed by atoms with Crippen molar-refractivity contribution in [3.8, 4) is 0 Å². The number of carbonyl (C=O) groups excluding carboxylic acids is 1. The van der Waals surface area contributed by atoms with Gasteiger partial charge in [0, 0.05) is 17.0 Å². The molecular weight excluding hydrogens is 284 g/mol. The topological polar surface area (TPSA) is 59.8 Å². The molecule has 112 valence electrons. The Morgan fingerprint density at radius 1 is 1.38 bits per heavy atom. The monoisotopic (exact) mass is 304 g/mol. The van der Waals surface area contributed by atoms with Gasteiger partial charge < -0.3 is 5.32 Å². The second-order valence-corrected chi connectivity index (χ2v) is 5.64. The van der Waals surface area contributed by atoms with Crippen LogP contribution in [0.25, 0.3) is 0 Å². The van der Waals surface area contributed by atoms with Gasteiger partial charge in [0.2, 0.25) is 0 Å². The average Bonchev–Trinajstić information content (AvgIpc) is 2.96. The van der Waals surface area contributed by atoms with Crippen LogP contribution in [0.5, 0.6) is 0 Å². The van der Waals surface area contributed by atoms with E-state index >= 15 is 0 Å². The molecule has 1 amide bonds. The molecule has 0 radical (unpaired) electrons.